The van der Waals surface area contributed by atoms with Crippen LogP contribution in [0.5, 0.6) is 0 Å². The quantitative estimate of drug-likeness (QED) is 0.343. The second kappa shape index (κ2) is 7.20. The van der Waals surface area contributed by atoms with Crippen molar-refractivity contribution in [3.8, 4) is 0 Å². The molecule has 5 heteroatoms. The first kappa shape index (κ1) is 19.8. The molecule has 4 aromatic carbocycles. The summed E-state index contributed by atoms with van der Waals surface area (Å²) in [5.41, 5.74) is 1.00. The van der Waals surface area contributed by atoms with E-state index in [2.05, 4.69) is 15.9 Å². The molecule has 148 valence electrons. The normalized spacial score (nSPS) is 22.2. The van der Waals surface area contributed by atoms with Gasteiger partial charge in [0.15, 0.2) is 14.3 Å². The highest BCUT2D eigenvalue weighted by molar-refractivity contribution is 9.10. The minimum Gasteiger partial charge on any atom is -0.309 e. The third-order valence-electron chi connectivity index (χ3n) is 5.66. The Hall–Kier alpha value is -2.18. The Morgan fingerprint density at radius 2 is 1.03 bits per heavy atom. The highest BCUT2D eigenvalue weighted by Gasteiger charge is 2.47. The smallest absolute Gasteiger partial charge is 0.172 e. The fraction of sp³-hybridized carbons (Fsp3) is 0.0400. The van der Waals surface area contributed by atoms with Crippen molar-refractivity contribution in [3.63, 3.8) is 0 Å². The van der Waals surface area contributed by atoms with Crippen molar-refractivity contribution in [2.24, 2.45) is 0 Å². The van der Waals surface area contributed by atoms with E-state index in [1.165, 1.54) is 0 Å². The minimum absolute atomic E-state index is 0.659. The van der Waals surface area contributed by atoms with Gasteiger partial charge < -0.3 is 9.13 Å². The lowest BCUT2D eigenvalue weighted by Gasteiger charge is -2.35. The number of halogens is 1. The van der Waals surface area contributed by atoms with Gasteiger partial charge >= 0.3 is 0 Å². The van der Waals surface area contributed by atoms with Crippen LogP contribution in [0.25, 0.3) is 0 Å². The second-order valence-corrected chi connectivity index (χ2v) is 13.8. The molecule has 2 unspecified atom stereocenters. The van der Waals surface area contributed by atoms with E-state index in [-0.39, 0.29) is 0 Å². The number of hydrogen-bond acceptors (Lipinski definition) is 2. The van der Waals surface area contributed by atoms with E-state index in [1.807, 2.05) is 104 Å². The maximum Gasteiger partial charge on any atom is 0.172 e. The molecule has 0 spiro atoms. The zero-order chi connectivity index (χ0) is 20.9. The summed E-state index contributed by atoms with van der Waals surface area (Å²) in [5.74, 6) is 0. The van der Waals surface area contributed by atoms with Crippen LogP contribution < -0.4 is 31.8 Å². The van der Waals surface area contributed by atoms with Gasteiger partial charge in [-0.05, 0) is 37.3 Å². The summed E-state index contributed by atoms with van der Waals surface area (Å²) in [6.45, 7) is 1.99. The molecule has 30 heavy (non-hydrogen) atoms. The molecule has 2 atom stereocenters. The number of benzene rings is 4. The summed E-state index contributed by atoms with van der Waals surface area (Å²) in [7, 11) is -6.38. The fourth-order valence-corrected chi connectivity index (χ4v) is 12.1. The molecule has 0 saturated heterocycles. The molecule has 1 heterocycles. The molecule has 4 aromatic rings. The Morgan fingerprint density at radius 3 is 1.57 bits per heavy atom. The van der Waals surface area contributed by atoms with E-state index in [9.17, 15) is 9.13 Å². The van der Waals surface area contributed by atoms with E-state index < -0.39 is 14.3 Å². The molecule has 1 aliphatic rings. The Labute approximate surface area is 184 Å². The van der Waals surface area contributed by atoms with Gasteiger partial charge in [-0.25, -0.2) is 0 Å². The van der Waals surface area contributed by atoms with Crippen molar-refractivity contribution in [3.05, 3.63) is 107 Å². The van der Waals surface area contributed by atoms with Crippen LogP contribution in [0.1, 0.15) is 5.56 Å². The van der Waals surface area contributed by atoms with E-state index in [0.717, 1.165) is 20.6 Å². The topological polar surface area (TPSA) is 34.1 Å². The number of rotatable bonds is 2. The van der Waals surface area contributed by atoms with Gasteiger partial charge in [0.2, 0.25) is 0 Å². The van der Waals surface area contributed by atoms with Gasteiger partial charge in [0.25, 0.3) is 0 Å². The van der Waals surface area contributed by atoms with Gasteiger partial charge in [-0.2, -0.15) is 0 Å². The monoisotopic (exact) mass is 492 g/mol. The van der Waals surface area contributed by atoms with Gasteiger partial charge in [0.05, 0.1) is 0 Å². The van der Waals surface area contributed by atoms with Crippen molar-refractivity contribution in [1.29, 1.82) is 0 Å². The van der Waals surface area contributed by atoms with Gasteiger partial charge in [0, 0.05) is 36.3 Å². The Bertz CT molecular complexity index is 1260. The lowest BCUT2D eigenvalue weighted by molar-refractivity contribution is 0.589. The molecular weight excluding hydrogens is 474 g/mol. The first-order valence-electron chi connectivity index (χ1n) is 9.69. The molecule has 0 fully saturated rings. The van der Waals surface area contributed by atoms with E-state index in [0.29, 0.717) is 21.2 Å². The molecule has 5 rings (SSSR count). The van der Waals surface area contributed by atoms with Gasteiger partial charge in [0.1, 0.15) is 0 Å². The van der Waals surface area contributed by atoms with Crippen LogP contribution in [0.3, 0.4) is 0 Å². The van der Waals surface area contributed by atoms with Crippen LogP contribution in [0.15, 0.2) is 102 Å². The van der Waals surface area contributed by atoms with Crippen molar-refractivity contribution >= 4 is 62.0 Å². The molecular formula is C25H19BrO2P2. The van der Waals surface area contributed by atoms with E-state index in [1.54, 1.807) is 0 Å². The highest BCUT2D eigenvalue weighted by Crippen LogP contribution is 2.54. The zero-order valence-electron chi connectivity index (χ0n) is 16.3. The van der Waals surface area contributed by atoms with Crippen molar-refractivity contribution in [2.45, 2.75) is 6.92 Å². The van der Waals surface area contributed by atoms with Crippen LogP contribution in [0.2, 0.25) is 0 Å². The number of hydrogen-bond donors (Lipinski definition) is 0. The number of aryl methyl sites for hydroxylation is 1. The molecule has 0 N–H and O–H groups in total. The Balaban J connectivity index is 1.98. The molecule has 1 aliphatic heterocycles. The molecule has 0 aliphatic carbocycles. The lowest BCUT2D eigenvalue weighted by atomic mass is 10.2. The molecule has 0 saturated carbocycles. The lowest BCUT2D eigenvalue weighted by Crippen LogP contribution is -2.49. The molecule has 0 aromatic heterocycles. The predicted molar refractivity (Wildman–Crippen MR) is 131 cm³/mol. The van der Waals surface area contributed by atoms with Crippen LogP contribution >= 0.6 is 30.2 Å². The summed E-state index contributed by atoms with van der Waals surface area (Å²) in [5, 5.41) is 4.22. The largest absolute Gasteiger partial charge is 0.309 e. The van der Waals surface area contributed by atoms with Crippen LogP contribution in [0.4, 0.5) is 0 Å². The zero-order valence-corrected chi connectivity index (χ0v) is 19.7. The van der Waals surface area contributed by atoms with Gasteiger partial charge in [-0.15, -0.1) is 0 Å². The van der Waals surface area contributed by atoms with Crippen LogP contribution in [0, 0.1) is 6.92 Å². The maximum absolute atomic E-state index is 14.9. The van der Waals surface area contributed by atoms with Gasteiger partial charge in [-0.1, -0.05) is 88.2 Å². The summed E-state index contributed by atoms with van der Waals surface area (Å²) in [6, 6.07) is 30.6. The average Bonchev–Trinajstić information content (AvgIpc) is 2.78. The Morgan fingerprint density at radius 1 is 0.567 bits per heavy atom. The summed E-state index contributed by atoms with van der Waals surface area (Å²) >= 11 is 3.55. The minimum atomic E-state index is -3.20. The van der Waals surface area contributed by atoms with E-state index in [4.69, 9.17) is 0 Å². The first-order chi connectivity index (χ1) is 14.5. The summed E-state index contributed by atoms with van der Waals surface area (Å²) < 4.78 is 30.7. The maximum atomic E-state index is 14.9. The van der Waals surface area contributed by atoms with Crippen LogP contribution in [-0.2, 0) is 9.13 Å². The second-order valence-electron chi connectivity index (χ2n) is 7.51. The third kappa shape index (κ3) is 2.77. The van der Waals surface area contributed by atoms with Crippen molar-refractivity contribution in [1.82, 2.24) is 0 Å². The number of fused-ring (bicyclic) bond motifs is 2. The fourth-order valence-electron chi connectivity index (χ4n) is 4.26. The highest BCUT2D eigenvalue weighted by atomic mass is 79.9. The average molecular weight is 493 g/mol. The molecule has 0 bridgehead atoms. The predicted octanol–water partition coefficient (Wildman–Crippen LogP) is 4.35. The Kier molecular flexibility index (Phi) is 4.75. The molecule has 0 amide bonds. The molecule has 0 radical (unpaired) electrons. The van der Waals surface area contributed by atoms with Crippen LogP contribution in [-0.4, -0.2) is 0 Å². The summed E-state index contributed by atoms with van der Waals surface area (Å²) in [6.07, 6.45) is 0. The van der Waals surface area contributed by atoms with Crippen molar-refractivity contribution in [2.75, 3.05) is 0 Å². The first-order valence-corrected chi connectivity index (χ1v) is 13.9. The van der Waals surface area contributed by atoms with E-state index >= 15 is 0 Å². The SMILES string of the molecule is Cc1ccc2c(c1)P(=O)(c1ccccc1)c1ccc(Br)cc1P2(=O)c1ccccc1. The summed E-state index contributed by atoms with van der Waals surface area (Å²) in [4.78, 5) is 0. The standard InChI is InChI=1S/C25H19BrO2P2/c1-18-12-14-22-24(16-18)29(27,20-8-4-2-5-9-20)23-15-13-19(26)17-25(23)30(22,28)21-10-6-3-7-11-21/h2-17H,1H3. The van der Waals surface area contributed by atoms with Gasteiger partial charge in [-0.3, -0.25) is 0 Å². The van der Waals surface area contributed by atoms with Crippen molar-refractivity contribution < 1.29 is 9.13 Å². The third-order valence-corrected chi connectivity index (χ3v) is 12.8. The molecule has 2 nitrogen and oxygen atoms in total.